The summed E-state index contributed by atoms with van der Waals surface area (Å²) in [7, 11) is 0. The van der Waals surface area contributed by atoms with E-state index in [9.17, 15) is 14.7 Å². The Morgan fingerprint density at radius 2 is 1.69 bits per heavy atom. The summed E-state index contributed by atoms with van der Waals surface area (Å²) in [5, 5.41) is 12.0. The number of aliphatic carboxylic acids is 1. The Hall–Kier alpha value is -2.66. The Labute approximate surface area is 154 Å². The number of amides is 1. The first-order valence-electron chi connectivity index (χ1n) is 8.95. The summed E-state index contributed by atoms with van der Waals surface area (Å²) in [6.45, 7) is 7.15. The zero-order valence-electron chi connectivity index (χ0n) is 15.3. The van der Waals surface area contributed by atoms with Crippen molar-refractivity contribution in [2.75, 3.05) is 13.1 Å². The van der Waals surface area contributed by atoms with E-state index in [1.54, 1.807) is 42.5 Å². The Morgan fingerprint density at radius 1 is 1.04 bits per heavy atom. The van der Waals surface area contributed by atoms with Gasteiger partial charge in [-0.3, -0.25) is 9.69 Å². The van der Waals surface area contributed by atoms with E-state index in [0.717, 1.165) is 31.6 Å². The second-order valence-corrected chi connectivity index (χ2v) is 6.22. The highest BCUT2D eigenvalue weighted by Gasteiger charge is 2.22. The van der Waals surface area contributed by atoms with Gasteiger partial charge in [0, 0.05) is 12.1 Å². The summed E-state index contributed by atoms with van der Waals surface area (Å²) >= 11 is 0. The zero-order chi connectivity index (χ0) is 18.9. The molecule has 0 heterocycles. The van der Waals surface area contributed by atoms with Crippen molar-refractivity contribution in [3.63, 3.8) is 0 Å². The van der Waals surface area contributed by atoms with Gasteiger partial charge < -0.3 is 10.4 Å². The molecular weight excluding hydrogens is 328 g/mol. The number of carboxylic acids is 1. The average molecular weight is 354 g/mol. The Balaban J connectivity index is 2.06. The number of hydrogen-bond acceptors (Lipinski definition) is 3. The summed E-state index contributed by atoms with van der Waals surface area (Å²) in [5.41, 5.74) is 2.13. The van der Waals surface area contributed by atoms with Crippen LogP contribution in [0.3, 0.4) is 0 Å². The summed E-state index contributed by atoms with van der Waals surface area (Å²) in [6.07, 6.45) is 1.10. The van der Waals surface area contributed by atoms with Crippen molar-refractivity contribution in [2.24, 2.45) is 0 Å². The number of carboxylic acid groups (broad SMARTS) is 1. The second kappa shape index (κ2) is 9.73. The molecule has 0 aromatic heterocycles. The molecule has 0 bridgehead atoms. The number of carbonyl (C=O) groups excluding carboxylic acids is 1. The van der Waals surface area contributed by atoms with Crippen LogP contribution >= 0.6 is 0 Å². The molecule has 26 heavy (non-hydrogen) atoms. The first-order chi connectivity index (χ1) is 12.5. The maximum Gasteiger partial charge on any atom is 0.330 e. The van der Waals surface area contributed by atoms with Crippen molar-refractivity contribution >= 4 is 11.9 Å². The fraction of sp³-hybridized carbons (Fsp3) is 0.333. The maximum atomic E-state index is 12.4. The van der Waals surface area contributed by atoms with Crippen LogP contribution in [0.2, 0.25) is 0 Å². The van der Waals surface area contributed by atoms with Gasteiger partial charge >= 0.3 is 5.97 Å². The molecule has 0 radical (unpaired) electrons. The molecule has 0 unspecified atom stereocenters. The Kier molecular flexibility index (Phi) is 7.36. The summed E-state index contributed by atoms with van der Waals surface area (Å²) in [4.78, 5) is 26.3. The van der Waals surface area contributed by atoms with Crippen LogP contribution in [0, 0.1) is 0 Å². The van der Waals surface area contributed by atoms with E-state index in [4.69, 9.17) is 0 Å². The highest BCUT2D eigenvalue weighted by molar-refractivity contribution is 5.96. The molecule has 5 heteroatoms. The third-order valence-corrected chi connectivity index (χ3v) is 4.26. The molecule has 1 amide bonds. The van der Waals surface area contributed by atoms with Crippen molar-refractivity contribution in [2.45, 2.75) is 32.9 Å². The molecule has 2 aromatic carbocycles. The lowest BCUT2D eigenvalue weighted by atomic mass is 10.1. The van der Waals surface area contributed by atoms with E-state index in [1.807, 2.05) is 12.1 Å². The van der Waals surface area contributed by atoms with Crippen molar-refractivity contribution in [1.82, 2.24) is 10.2 Å². The minimum Gasteiger partial charge on any atom is -0.479 e. The monoisotopic (exact) mass is 354 g/mol. The van der Waals surface area contributed by atoms with Crippen LogP contribution in [-0.4, -0.2) is 35.0 Å². The number of carbonyl (C=O) groups is 2. The number of benzene rings is 2. The van der Waals surface area contributed by atoms with Gasteiger partial charge in [-0.1, -0.05) is 56.3 Å². The lowest BCUT2D eigenvalue weighted by Gasteiger charge is -2.19. The summed E-state index contributed by atoms with van der Waals surface area (Å²) in [5.74, 6) is -1.48. The normalized spacial score (nSPS) is 12.0. The highest BCUT2D eigenvalue weighted by Crippen LogP contribution is 2.15. The fourth-order valence-corrected chi connectivity index (χ4v) is 2.83. The van der Waals surface area contributed by atoms with E-state index < -0.39 is 17.9 Å². The third-order valence-electron chi connectivity index (χ3n) is 4.26. The Morgan fingerprint density at radius 3 is 2.23 bits per heavy atom. The average Bonchev–Trinajstić information content (AvgIpc) is 2.66. The molecule has 0 aliphatic carbocycles. The number of rotatable bonds is 9. The minimum atomic E-state index is -1.08. The predicted octanol–water partition coefficient (Wildman–Crippen LogP) is 3.47. The first-order valence-corrected chi connectivity index (χ1v) is 8.95. The Bertz CT molecular complexity index is 714. The minimum absolute atomic E-state index is 0.395. The molecule has 2 rings (SSSR count). The topological polar surface area (TPSA) is 69.6 Å². The molecule has 0 aliphatic heterocycles. The summed E-state index contributed by atoms with van der Waals surface area (Å²) < 4.78 is 0. The van der Waals surface area contributed by atoms with Gasteiger partial charge in [0.05, 0.1) is 0 Å². The van der Waals surface area contributed by atoms with Crippen LogP contribution in [0.5, 0.6) is 0 Å². The zero-order valence-corrected chi connectivity index (χ0v) is 15.3. The lowest BCUT2D eigenvalue weighted by molar-refractivity contribution is -0.139. The van der Waals surface area contributed by atoms with Crippen LogP contribution in [0.15, 0.2) is 54.6 Å². The van der Waals surface area contributed by atoms with Gasteiger partial charge in [-0.15, -0.1) is 0 Å². The first kappa shape index (κ1) is 19.7. The molecule has 0 fully saturated rings. The van der Waals surface area contributed by atoms with Gasteiger partial charge in [0.15, 0.2) is 6.04 Å². The van der Waals surface area contributed by atoms with E-state index in [-0.39, 0.29) is 0 Å². The molecular formula is C21H26N2O3. The standard InChI is InChI=1S/C21H26N2O3/c1-3-14-23(4-2)15-16-10-12-18(13-11-16)20(24)22-19(21(25)26)17-8-6-5-7-9-17/h5-13,19H,3-4,14-15H2,1-2H3,(H,22,24)(H,25,26)/t19-/m1/s1. The molecule has 0 spiro atoms. The molecule has 0 aliphatic rings. The quantitative estimate of drug-likeness (QED) is 0.723. The molecule has 1 atom stereocenters. The molecule has 2 aromatic rings. The van der Waals surface area contributed by atoms with Gasteiger partial charge in [-0.25, -0.2) is 4.79 Å². The van der Waals surface area contributed by atoms with E-state index in [0.29, 0.717) is 11.1 Å². The fourth-order valence-electron chi connectivity index (χ4n) is 2.83. The highest BCUT2D eigenvalue weighted by atomic mass is 16.4. The maximum absolute atomic E-state index is 12.4. The molecule has 0 saturated carbocycles. The van der Waals surface area contributed by atoms with E-state index in [1.165, 1.54) is 0 Å². The van der Waals surface area contributed by atoms with Crippen LogP contribution in [0.25, 0.3) is 0 Å². The van der Waals surface area contributed by atoms with Gasteiger partial charge in [0.1, 0.15) is 0 Å². The van der Waals surface area contributed by atoms with Crippen molar-refractivity contribution in [1.29, 1.82) is 0 Å². The second-order valence-electron chi connectivity index (χ2n) is 6.22. The van der Waals surface area contributed by atoms with Gasteiger partial charge in [0.25, 0.3) is 5.91 Å². The van der Waals surface area contributed by atoms with Crippen LogP contribution < -0.4 is 5.32 Å². The molecule has 2 N–H and O–H groups in total. The van der Waals surface area contributed by atoms with Gasteiger partial charge in [-0.2, -0.15) is 0 Å². The molecule has 138 valence electrons. The van der Waals surface area contributed by atoms with Gasteiger partial charge in [-0.05, 0) is 42.8 Å². The number of nitrogens with one attached hydrogen (secondary N) is 1. The lowest BCUT2D eigenvalue weighted by Crippen LogP contribution is -2.33. The molecule has 5 nitrogen and oxygen atoms in total. The number of nitrogens with zero attached hydrogens (tertiary/aromatic N) is 1. The third kappa shape index (κ3) is 5.43. The van der Waals surface area contributed by atoms with Crippen LogP contribution in [0.1, 0.15) is 47.8 Å². The molecule has 0 saturated heterocycles. The SMILES string of the molecule is CCCN(CC)Cc1ccc(C(=O)N[C@@H](C(=O)O)c2ccccc2)cc1. The van der Waals surface area contributed by atoms with Gasteiger partial charge in [0.2, 0.25) is 0 Å². The summed E-state index contributed by atoms with van der Waals surface area (Å²) in [6, 6.07) is 15.0. The predicted molar refractivity (Wildman–Crippen MR) is 102 cm³/mol. The van der Waals surface area contributed by atoms with Crippen molar-refractivity contribution in [3.05, 3.63) is 71.3 Å². The van der Waals surface area contributed by atoms with Crippen LogP contribution in [0.4, 0.5) is 0 Å². The smallest absolute Gasteiger partial charge is 0.330 e. The van der Waals surface area contributed by atoms with Crippen LogP contribution in [-0.2, 0) is 11.3 Å². The van der Waals surface area contributed by atoms with Crippen molar-refractivity contribution < 1.29 is 14.7 Å². The number of hydrogen-bond donors (Lipinski definition) is 2. The largest absolute Gasteiger partial charge is 0.479 e. The van der Waals surface area contributed by atoms with E-state index >= 15 is 0 Å². The van der Waals surface area contributed by atoms with E-state index in [2.05, 4.69) is 24.1 Å². The van der Waals surface area contributed by atoms with Crippen molar-refractivity contribution in [3.8, 4) is 0 Å².